The Morgan fingerprint density at radius 1 is 0.308 bits per heavy atom. The van der Waals surface area contributed by atoms with Crippen molar-refractivity contribution in [2.24, 2.45) is 0 Å². The highest BCUT2D eigenvalue weighted by atomic mass is 16.3. The van der Waals surface area contributed by atoms with E-state index in [4.69, 9.17) is 8.83 Å². The molecule has 516 valence electrons. The molecular weight excluding hydrogens is 1260 g/mol. The summed E-state index contributed by atoms with van der Waals surface area (Å²) in [5, 5.41) is 4.74. The molecule has 0 saturated carbocycles. The van der Waals surface area contributed by atoms with Gasteiger partial charge in [0.2, 0.25) is 0 Å². The van der Waals surface area contributed by atoms with E-state index in [0.717, 1.165) is 44.7 Å². The monoisotopic (exact) mass is 1350 g/mol. The van der Waals surface area contributed by atoms with E-state index < -0.39 is 0 Å². The predicted molar refractivity (Wildman–Crippen MR) is 439 cm³/mol. The average molecular weight is 1350 g/mol. The van der Waals surface area contributed by atoms with Gasteiger partial charge in [0.1, 0.15) is 22.3 Å². The van der Waals surface area contributed by atoms with E-state index in [-0.39, 0.29) is 27.1 Å². The van der Waals surface area contributed by atoms with Crippen LogP contribution in [0.2, 0.25) is 0 Å². The van der Waals surface area contributed by atoms with Gasteiger partial charge in [0, 0.05) is 71.1 Å². The molecule has 14 aromatic rings. The zero-order valence-corrected chi connectivity index (χ0v) is 63.0. The van der Waals surface area contributed by atoms with Crippen molar-refractivity contribution in [3.8, 4) is 77.9 Å². The van der Waals surface area contributed by atoms with E-state index in [1.807, 2.05) is 0 Å². The maximum absolute atomic E-state index is 7.24. The molecule has 0 fully saturated rings. The molecule has 0 spiro atoms. The number of benzene rings is 12. The zero-order valence-electron chi connectivity index (χ0n) is 63.0. The summed E-state index contributed by atoms with van der Waals surface area (Å²) in [5.41, 5.74) is 40.8. The normalized spacial score (nSPS) is 15.8. The molecule has 2 aromatic heterocycles. The van der Waals surface area contributed by atoms with Crippen LogP contribution >= 0.6 is 0 Å². The molecule has 5 aliphatic carbocycles. The van der Waals surface area contributed by atoms with Crippen LogP contribution < -0.4 is 4.90 Å². The van der Waals surface area contributed by atoms with E-state index in [1.165, 1.54) is 227 Å². The SMILES string of the molecule is CCCCCCCC1(CCCCCCC)c2ccccc2-c2ccc(-c3ccc4c(c3)C(C)(C)c3cc(-c5cc6c(c7c5oc5ccccc57)-c5ccc(N(c7ccc8c(c7)C(C)(C)c7c9c(c%10oc%11ccccc%11c%10c7-8)-c7ccccc7C9(C)C)c7c(C)cccc7C)cc5C6(C)C)ccc3-4)cc21. The Labute approximate surface area is 615 Å². The highest BCUT2D eigenvalue weighted by Gasteiger charge is 2.50. The van der Waals surface area contributed by atoms with E-state index in [9.17, 15) is 0 Å². The summed E-state index contributed by atoms with van der Waals surface area (Å²) >= 11 is 0. The lowest BCUT2D eigenvalue weighted by atomic mass is 9.70. The first-order chi connectivity index (χ1) is 50.4. The van der Waals surface area contributed by atoms with Gasteiger partial charge in [0.25, 0.3) is 0 Å². The fourth-order valence-corrected chi connectivity index (χ4v) is 21.1. The summed E-state index contributed by atoms with van der Waals surface area (Å²) in [6.07, 6.45) is 15.4. The average Bonchev–Trinajstić information content (AvgIpc) is 1.51. The Morgan fingerprint density at radius 3 is 1.37 bits per heavy atom. The van der Waals surface area contributed by atoms with Crippen LogP contribution in [0.4, 0.5) is 17.1 Å². The van der Waals surface area contributed by atoms with Gasteiger partial charge in [0.15, 0.2) is 0 Å². The van der Waals surface area contributed by atoms with E-state index in [1.54, 1.807) is 11.1 Å². The van der Waals surface area contributed by atoms with E-state index >= 15 is 0 Å². The first-order valence-electron chi connectivity index (χ1n) is 39.2. The first kappa shape index (κ1) is 64.8. The Hall–Kier alpha value is -9.96. The summed E-state index contributed by atoms with van der Waals surface area (Å²) in [5.74, 6) is 0. The third-order valence-corrected chi connectivity index (χ3v) is 26.3. The van der Waals surface area contributed by atoms with Crippen molar-refractivity contribution in [3.63, 3.8) is 0 Å². The van der Waals surface area contributed by atoms with Crippen molar-refractivity contribution in [1.82, 2.24) is 0 Å². The van der Waals surface area contributed by atoms with Gasteiger partial charge in [0.05, 0.1) is 5.69 Å². The lowest BCUT2D eigenvalue weighted by Crippen LogP contribution is -2.25. The molecule has 0 aliphatic heterocycles. The van der Waals surface area contributed by atoms with Gasteiger partial charge in [-0.15, -0.1) is 0 Å². The standard InChI is InChI=1S/C101H95NO2/c1-13-15-17-19-29-52-101(53-30-20-18-16-14-2)78-39-26-21-34-67(78)70-48-43-63(55-83(70)101)62-42-47-68-69-49-44-64(56-80(69)97(5,6)79(68)54-62)76-59-84-87(89-74-36-23-27-40-85(74)103-95(76)89)72-50-45-65(57-81(72)98(84,7)8)102(94-60(3)32-31-33-61(94)4)66-46-51-73-82(58-66)100(11,12)92-88(73)90-75-37-24-28-41-86(75)104-96(90)91-71-35-22-25-38-77(71)99(9,10)93(91)92/h21-28,31-51,54-59H,13-20,29-30,52-53H2,1-12H3. The second-order valence-corrected chi connectivity index (χ2v) is 33.8. The quantitative estimate of drug-likeness (QED) is 0.0851. The van der Waals surface area contributed by atoms with Crippen molar-refractivity contribution < 1.29 is 8.83 Å². The van der Waals surface area contributed by atoms with Gasteiger partial charge in [-0.05, 0) is 221 Å². The third kappa shape index (κ3) is 9.13. The smallest absolute Gasteiger partial charge is 0.144 e. The summed E-state index contributed by atoms with van der Waals surface area (Å²) in [4.78, 5) is 2.57. The van der Waals surface area contributed by atoms with Gasteiger partial charge in [-0.3, -0.25) is 0 Å². The molecule has 0 atom stereocenters. The lowest BCUT2D eigenvalue weighted by molar-refractivity contribution is 0.399. The van der Waals surface area contributed by atoms with Crippen molar-refractivity contribution in [1.29, 1.82) is 0 Å². The minimum absolute atomic E-state index is 0.0324. The number of nitrogens with zero attached hydrogens (tertiary/aromatic N) is 1. The van der Waals surface area contributed by atoms with Crippen LogP contribution in [0.15, 0.2) is 221 Å². The molecule has 19 rings (SSSR count). The maximum atomic E-state index is 7.24. The highest BCUT2D eigenvalue weighted by molar-refractivity contribution is 6.22. The van der Waals surface area contributed by atoms with E-state index in [0.29, 0.717) is 0 Å². The molecule has 0 radical (unpaired) electrons. The number of fused-ring (bicyclic) bond motifs is 25. The van der Waals surface area contributed by atoms with Crippen molar-refractivity contribution in [2.45, 2.75) is 187 Å². The molecule has 0 unspecified atom stereocenters. The molecule has 3 nitrogen and oxygen atoms in total. The summed E-state index contributed by atoms with van der Waals surface area (Å²) in [7, 11) is 0. The van der Waals surface area contributed by atoms with Crippen LogP contribution in [0.25, 0.3) is 122 Å². The molecule has 2 heterocycles. The summed E-state index contributed by atoms with van der Waals surface area (Å²) < 4.78 is 14.3. The first-order valence-corrected chi connectivity index (χ1v) is 39.2. The van der Waals surface area contributed by atoms with Crippen molar-refractivity contribution in [3.05, 3.63) is 279 Å². The van der Waals surface area contributed by atoms with Crippen LogP contribution in [0.5, 0.6) is 0 Å². The number of para-hydroxylation sites is 3. The topological polar surface area (TPSA) is 29.5 Å². The molecule has 0 amide bonds. The van der Waals surface area contributed by atoms with Crippen LogP contribution in [-0.4, -0.2) is 0 Å². The van der Waals surface area contributed by atoms with Gasteiger partial charge in [-0.2, -0.15) is 0 Å². The van der Waals surface area contributed by atoms with Gasteiger partial charge in [-0.25, -0.2) is 0 Å². The molecule has 104 heavy (non-hydrogen) atoms. The molecule has 5 aliphatic rings. The molecule has 0 bridgehead atoms. The number of hydrogen-bond donors (Lipinski definition) is 0. The Kier molecular flexibility index (Phi) is 14.7. The number of anilines is 3. The minimum atomic E-state index is -0.384. The van der Waals surface area contributed by atoms with Gasteiger partial charge >= 0.3 is 0 Å². The fraction of sp³-hybridized carbons (Fsp3) is 0.287. The van der Waals surface area contributed by atoms with Crippen LogP contribution in [0.1, 0.15) is 213 Å². The molecule has 0 saturated heterocycles. The van der Waals surface area contributed by atoms with Crippen molar-refractivity contribution in [2.75, 3.05) is 4.90 Å². The number of hydrogen-bond acceptors (Lipinski definition) is 3. The highest BCUT2D eigenvalue weighted by Crippen LogP contribution is 2.65. The van der Waals surface area contributed by atoms with E-state index in [2.05, 4.69) is 300 Å². The molecule has 0 N–H and O–H groups in total. The number of unbranched alkanes of at least 4 members (excludes halogenated alkanes) is 8. The molecule has 12 aromatic carbocycles. The second kappa shape index (κ2) is 23.5. The molecular formula is C101H95NO2. The van der Waals surface area contributed by atoms with Crippen LogP contribution in [-0.2, 0) is 27.1 Å². The number of rotatable bonds is 17. The zero-order chi connectivity index (χ0) is 71.1. The fourth-order valence-electron chi connectivity index (χ4n) is 21.1. The lowest BCUT2D eigenvalue weighted by Gasteiger charge is -2.33. The van der Waals surface area contributed by atoms with Gasteiger partial charge < -0.3 is 13.7 Å². The number of furan rings is 2. The van der Waals surface area contributed by atoms with Gasteiger partial charge in [-0.1, -0.05) is 285 Å². The Morgan fingerprint density at radius 2 is 0.740 bits per heavy atom. The third-order valence-electron chi connectivity index (χ3n) is 26.3. The summed E-state index contributed by atoms with van der Waals surface area (Å²) in [6.45, 7) is 28.9. The van der Waals surface area contributed by atoms with Crippen LogP contribution in [0.3, 0.4) is 0 Å². The second-order valence-electron chi connectivity index (χ2n) is 33.8. The Balaban J connectivity index is 0.706. The Bertz CT molecular complexity index is 5910. The maximum Gasteiger partial charge on any atom is 0.144 e. The van der Waals surface area contributed by atoms with Crippen molar-refractivity contribution >= 4 is 60.9 Å². The van der Waals surface area contributed by atoms with Crippen LogP contribution in [0, 0.1) is 13.8 Å². The minimum Gasteiger partial charge on any atom is -0.455 e. The number of aryl methyl sites for hydroxylation is 2. The summed E-state index contributed by atoms with van der Waals surface area (Å²) in [6, 6.07) is 82.2. The largest absolute Gasteiger partial charge is 0.455 e. The molecule has 3 heteroatoms. The predicted octanol–water partition coefficient (Wildman–Crippen LogP) is 29.1.